The molecule has 184 valence electrons. The minimum atomic E-state index is -3.77. The normalized spacial score (nSPS) is 21.6. The molecule has 8 heteroatoms. The fourth-order valence-electron chi connectivity index (χ4n) is 5.20. The van der Waals surface area contributed by atoms with Crippen molar-refractivity contribution in [2.45, 2.75) is 69.7 Å². The van der Waals surface area contributed by atoms with E-state index in [1.54, 1.807) is 18.2 Å². The molecule has 0 radical (unpaired) electrons. The Hall–Kier alpha value is -2.45. The van der Waals surface area contributed by atoms with E-state index in [1.807, 2.05) is 30.0 Å². The SMILES string of the molecule is CCCC(=O)N1CCC(NS(=O)(=O)c2ccc(NC(=O)C3CCC(C)C3)c3ccccc23)CC1. The highest BCUT2D eigenvalue weighted by molar-refractivity contribution is 7.89. The van der Waals surface area contributed by atoms with Crippen molar-refractivity contribution in [3.8, 4) is 0 Å². The number of likely N-dealkylation sites (tertiary alicyclic amines) is 1. The van der Waals surface area contributed by atoms with Gasteiger partial charge in [-0.05, 0) is 56.6 Å². The Morgan fingerprint density at radius 2 is 1.71 bits per heavy atom. The summed E-state index contributed by atoms with van der Waals surface area (Å²) >= 11 is 0. The van der Waals surface area contributed by atoms with E-state index in [9.17, 15) is 18.0 Å². The van der Waals surface area contributed by atoms with Gasteiger partial charge in [-0.1, -0.05) is 38.1 Å². The Bertz CT molecular complexity index is 1160. The number of carbonyl (C=O) groups is 2. The quantitative estimate of drug-likeness (QED) is 0.612. The molecule has 1 heterocycles. The maximum Gasteiger partial charge on any atom is 0.241 e. The number of anilines is 1. The molecule has 2 atom stereocenters. The lowest BCUT2D eigenvalue weighted by molar-refractivity contribution is -0.132. The molecule has 2 N–H and O–H groups in total. The van der Waals surface area contributed by atoms with Crippen molar-refractivity contribution < 1.29 is 18.0 Å². The highest BCUT2D eigenvalue weighted by Crippen LogP contribution is 2.34. The van der Waals surface area contributed by atoms with E-state index < -0.39 is 10.0 Å². The van der Waals surface area contributed by atoms with Crippen molar-refractivity contribution in [3.63, 3.8) is 0 Å². The highest BCUT2D eigenvalue weighted by Gasteiger charge is 2.29. The third-order valence-corrected chi connectivity index (χ3v) is 8.71. The molecule has 7 nitrogen and oxygen atoms in total. The van der Waals surface area contributed by atoms with Crippen LogP contribution in [-0.4, -0.2) is 44.3 Å². The summed E-state index contributed by atoms with van der Waals surface area (Å²) in [5.74, 6) is 0.712. The highest BCUT2D eigenvalue weighted by atomic mass is 32.2. The number of benzene rings is 2. The summed E-state index contributed by atoms with van der Waals surface area (Å²) in [6.07, 6.45) is 5.39. The van der Waals surface area contributed by atoms with E-state index in [-0.39, 0.29) is 28.7 Å². The molecule has 0 spiro atoms. The monoisotopic (exact) mass is 485 g/mol. The lowest BCUT2D eigenvalue weighted by Gasteiger charge is -2.32. The molecular formula is C26H35N3O4S. The van der Waals surface area contributed by atoms with Gasteiger partial charge in [0.05, 0.1) is 4.90 Å². The number of sulfonamides is 1. The van der Waals surface area contributed by atoms with Gasteiger partial charge in [0.2, 0.25) is 21.8 Å². The smallest absolute Gasteiger partial charge is 0.241 e. The Kier molecular flexibility index (Phi) is 7.57. The number of nitrogens with one attached hydrogen (secondary N) is 2. The third-order valence-electron chi connectivity index (χ3n) is 7.13. The number of piperidine rings is 1. The molecule has 4 rings (SSSR count). The second kappa shape index (κ2) is 10.4. The number of hydrogen-bond donors (Lipinski definition) is 2. The van der Waals surface area contributed by atoms with Gasteiger partial charge in [0.1, 0.15) is 0 Å². The second-order valence-electron chi connectivity index (χ2n) is 9.79. The van der Waals surface area contributed by atoms with Crippen LogP contribution >= 0.6 is 0 Å². The van der Waals surface area contributed by atoms with Crippen LogP contribution in [0.5, 0.6) is 0 Å². The second-order valence-corrected chi connectivity index (χ2v) is 11.5. The Morgan fingerprint density at radius 1 is 1.00 bits per heavy atom. The first-order valence-corrected chi connectivity index (χ1v) is 13.9. The van der Waals surface area contributed by atoms with Crippen molar-refractivity contribution in [2.24, 2.45) is 11.8 Å². The van der Waals surface area contributed by atoms with Crippen LogP contribution in [-0.2, 0) is 19.6 Å². The summed E-state index contributed by atoms with van der Waals surface area (Å²) in [7, 11) is -3.77. The summed E-state index contributed by atoms with van der Waals surface area (Å²) in [5.41, 5.74) is 0.641. The average molecular weight is 486 g/mol. The number of carbonyl (C=O) groups excluding carboxylic acids is 2. The van der Waals surface area contributed by atoms with Gasteiger partial charge >= 0.3 is 0 Å². The van der Waals surface area contributed by atoms with E-state index in [1.165, 1.54) is 0 Å². The van der Waals surface area contributed by atoms with Crippen molar-refractivity contribution in [1.29, 1.82) is 0 Å². The van der Waals surface area contributed by atoms with Crippen molar-refractivity contribution in [2.75, 3.05) is 18.4 Å². The molecule has 2 unspecified atom stereocenters. The van der Waals surface area contributed by atoms with Crippen LogP contribution in [0.25, 0.3) is 10.8 Å². The molecule has 1 saturated heterocycles. The summed E-state index contributed by atoms with van der Waals surface area (Å²) in [6.45, 7) is 5.28. The maximum atomic E-state index is 13.3. The van der Waals surface area contributed by atoms with Gasteiger partial charge in [-0.3, -0.25) is 9.59 Å². The van der Waals surface area contributed by atoms with Crippen molar-refractivity contribution in [1.82, 2.24) is 9.62 Å². The van der Waals surface area contributed by atoms with Crippen LogP contribution in [0, 0.1) is 11.8 Å². The maximum absolute atomic E-state index is 13.3. The molecule has 2 fully saturated rings. The topological polar surface area (TPSA) is 95.6 Å². The van der Waals surface area contributed by atoms with Crippen LogP contribution in [0.2, 0.25) is 0 Å². The molecule has 1 aliphatic heterocycles. The van der Waals surface area contributed by atoms with Crippen LogP contribution in [0.4, 0.5) is 5.69 Å². The van der Waals surface area contributed by atoms with Gasteiger partial charge in [-0.15, -0.1) is 0 Å². The fourth-order valence-corrected chi connectivity index (χ4v) is 6.71. The van der Waals surface area contributed by atoms with Gasteiger partial charge in [0, 0.05) is 47.9 Å². The average Bonchev–Trinajstić information content (AvgIpc) is 3.26. The largest absolute Gasteiger partial charge is 0.343 e. The zero-order valence-electron chi connectivity index (χ0n) is 20.0. The summed E-state index contributed by atoms with van der Waals surface area (Å²) in [5, 5.41) is 4.34. The first-order chi connectivity index (χ1) is 16.3. The first kappa shape index (κ1) is 24.7. The molecule has 1 saturated carbocycles. The Balaban J connectivity index is 1.50. The van der Waals surface area contributed by atoms with Gasteiger partial charge < -0.3 is 10.2 Å². The van der Waals surface area contributed by atoms with Gasteiger partial charge in [0.25, 0.3) is 0 Å². The summed E-state index contributed by atoms with van der Waals surface area (Å²) in [6, 6.07) is 10.4. The van der Waals surface area contributed by atoms with Crippen molar-refractivity contribution >= 4 is 38.3 Å². The Morgan fingerprint density at radius 3 is 2.35 bits per heavy atom. The number of hydrogen-bond acceptors (Lipinski definition) is 4. The zero-order chi connectivity index (χ0) is 24.3. The van der Waals surface area contributed by atoms with Gasteiger partial charge in [0.15, 0.2) is 0 Å². The number of nitrogens with zero attached hydrogens (tertiary/aromatic N) is 1. The first-order valence-electron chi connectivity index (χ1n) is 12.4. The molecule has 1 aliphatic carbocycles. The molecule has 2 aliphatic rings. The molecule has 0 bridgehead atoms. The fraction of sp³-hybridized carbons (Fsp3) is 0.538. The van der Waals surface area contributed by atoms with E-state index in [0.717, 1.165) is 25.7 Å². The molecule has 2 aromatic rings. The molecule has 2 amide bonds. The van der Waals surface area contributed by atoms with Crippen LogP contribution in [0.15, 0.2) is 41.3 Å². The van der Waals surface area contributed by atoms with E-state index in [2.05, 4.69) is 17.0 Å². The number of fused-ring (bicyclic) bond motifs is 1. The Labute approximate surface area is 202 Å². The van der Waals surface area contributed by atoms with Crippen LogP contribution in [0.1, 0.15) is 58.8 Å². The summed E-state index contributed by atoms with van der Waals surface area (Å²) < 4.78 is 29.5. The minimum absolute atomic E-state index is 0.00705. The summed E-state index contributed by atoms with van der Waals surface area (Å²) in [4.78, 5) is 27.0. The molecule has 34 heavy (non-hydrogen) atoms. The number of amides is 2. The molecule has 2 aromatic carbocycles. The zero-order valence-corrected chi connectivity index (χ0v) is 20.9. The van der Waals surface area contributed by atoms with Gasteiger partial charge in [-0.25, -0.2) is 13.1 Å². The van der Waals surface area contributed by atoms with Crippen molar-refractivity contribution in [3.05, 3.63) is 36.4 Å². The molecular weight excluding hydrogens is 450 g/mol. The standard InChI is InChI=1S/C26H35N3O4S/c1-3-6-25(30)29-15-13-20(14-16-29)28-34(32,33)24-12-11-23(21-7-4-5-8-22(21)24)27-26(31)19-10-9-18(2)17-19/h4-5,7-8,11-12,18-20,28H,3,6,9-10,13-17H2,1-2H3,(H,27,31). The minimum Gasteiger partial charge on any atom is -0.343 e. The lowest BCUT2D eigenvalue weighted by atomic mass is 10.0. The van der Waals surface area contributed by atoms with Gasteiger partial charge in [-0.2, -0.15) is 0 Å². The van der Waals surface area contributed by atoms with E-state index in [0.29, 0.717) is 54.7 Å². The third kappa shape index (κ3) is 5.44. The van der Waals surface area contributed by atoms with Crippen LogP contribution < -0.4 is 10.0 Å². The lowest BCUT2D eigenvalue weighted by Crippen LogP contribution is -2.46. The van der Waals surface area contributed by atoms with E-state index in [4.69, 9.17) is 0 Å². The number of rotatable bonds is 7. The molecule has 0 aromatic heterocycles. The van der Waals surface area contributed by atoms with E-state index >= 15 is 0 Å². The van der Waals surface area contributed by atoms with Crippen LogP contribution in [0.3, 0.4) is 0 Å². The predicted molar refractivity (Wildman–Crippen MR) is 134 cm³/mol. The predicted octanol–water partition coefficient (Wildman–Crippen LogP) is 4.28.